The molecule has 0 atom stereocenters. The Hall–Kier alpha value is -2.57. The van der Waals surface area contributed by atoms with Crippen molar-refractivity contribution in [2.75, 3.05) is 0 Å². The number of aryl methyl sites for hydroxylation is 1. The SMILES string of the molecule is Cc1ccccc1C1(c2noc(-c3cc(C(F)F)n(C(C)C)n3)n2)CC1. The van der Waals surface area contributed by atoms with E-state index >= 15 is 0 Å². The summed E-state index contributed by atoms with van der Waals surface area (Å²) >= 11 is 0. The van der Waals surface area contributed by atoms with Gasteiger partial charge in [-0.25, -0.2) is 8.78 Å². The zero-order chi connectivity index (χ0) is 18.5. The van der Waals surface area contributed by atoms with Gasteiger partial charge in [-0.3, -0.25) is 4.68 Å². The van der Waals surface area contributed by atoms with Gasteiger partial charge >= 0.3 is 0 Å². The second kappa shape index (κ2) is 6.00. The van der Waals surface area contributed by atoms with E-state index in [1.54, 1.807) is 13.8 Å². The van der Waals surface area contributed by atoms with Gasteiger partial charge in [-0.05, 0) is 50.8 Å². The van der Waals surface area contributed by atoms with E-state index in [1.807, 2.05) is 12.1 Å². The molecule has 1 saturated carbocycles. The number of hydrogen-bond acceptors (Lipinski definition) is 4. The van der Waals surface area contributed by atoms with Gasteiger partial charge in [0, 0.05) is 6.04 Å². The van der Waals surface area contributed by atoms with Crippen LogP contribution in [0.5, 0.6) is 0 Å². The molecular formula is C19H20F2N4O. The molecule has 1 aliphatic rings. The third-order valence-corrected chi connectivity index (χ3v) is 4.96. The molecule has 0 radical (unpaired) electrons. The van der Waals surface area contributed by atoms with E-state index in [0.717, 1.165) is 12.8 Å². The van der Waals surface area contributed by atoms with Crippen LogP contribution in [-0.4, -0.2) is 19.9 Å². The summed E-state index contributed by atoms with van der Waals surface area (Å²) in [6.45, 7) is 5.67. The fourth-order valence-corrected chi connectivity index (χ4v) is 3.46. The minimum atomic E-state index is -2.61. The molecule has 1 aromatic carbocycles. The van der Waals surface area contributed by atoms with Crippen LogP contribution in [0.3, 0.4) is 0 Å². The molecule has 2 heterocycles. The van der Waals surface area contributed by atoms with Crippen LogP contribution >= 0.6 is 0 Å². The third kappa shape index (κ3) is 2.62. The Labute approximate surface area is 150 Å². The molecule has 0 saturated heterocycles. The summed E-state index contributed by atoms with van der Waals surface area (Å²) in [5, 5.41) is 8.40. The minimum Gasteiger partial charge on any atom is -0.332 e. The van der Waals surface area contributed by atoms with E-state index in [4.69, 9.17) is 4.52 Å². The normalized spacial score (nSPS) is 15.8. The lowest BCUT2D eigenvalue weighted by Gasteiger charge is -2.13. The molecule has 1 aliphatic carbocycles. The fourth-order valence-electron chi connectivity index (χ4n) is 3.46. The number of hydrogen-bond donors (Lipinski definition) is 0. The van der Waals surface area contributed by atoms with Gasteiger partial charge in [0.25, 0.3) is 12.3 Å². The summed E-state index contributed by atoms with van der Waals surface area (Å²) in [4.78, 5) is 4.51. The molecule has 1 fully saturated rings. The molecule has 26 heavy (non-hydrogen) atoms. The maximum atomic E-state index is 13.3. The minimum absolute atomic E-state index is 0.144. The highest BCUT2D eigenvalue weighted by Gasteiger charge is 2.50. The molecule has 0 spiro atoms. The quantitative estimate of drug-likeness (QED) is 0.655. The summed E-state index contributed by atoms with van der Waals surface area (Å²) in [5.74, 6) is 0.778. The van der Waals surface area contributed by atoms with Gasteiger partial charge < -0.3 is 4.52 Å². The molecule has 5 nitrogen and oxygen atoms in total. The predicted molar refractivity (Wildman–Crippen MR) is 92.1 cm³/mol. The maximum Gasteiger partial charge on any atom is 0.280 e. The van der Waals surface area contributed by atoms with Crippen molar-refractivity contribution in [3.05, 3.63) is 53.0 Å². The third-order valence-electron chi connectivity index (χ3n) is 4.96. The Morgan fingerprint density at radius 2 is 1.92 bits per heavy atom. The molecule has 0 amide bonds. The van der Waals surface area contributed by atoms with Gasteiger partial charge in [-0.1, -0.05) is 29.4 Å². The Morgan fingerprint density at radius 3 is 2.50 bits per heavy atom. The number of nitrogens with zero attached hydrogens (tertiary/aromatic N) is 4. The monoisotopic (exact) mass is 358 g/mol. The van der Waals surface area contributed by atoms with Gasteiger partial charge in [0.2, 0.25) is 0 Å². The number of halogens is 2. The van der Waals surface area contributed by atoms with Gasteiger partial charge in [0.15, 0.2) is 11.5 Å². The first-order valence-corrected chi connectivity index (χ1v) is 8.70. The number of benzene rings is 1. The molecule has 0 unspecified atom stereocenters. The lowest BCUT2D eigenvalue weighted by atomic mass is 9.91. The molecule has 2 aromatic heterocycles. The van der Waals surface area contributed by atoms with Crippen molar-refractivity contribution in [2.24, 2.45) is 0 Å². The molecule has 7 heteroatoms. The molecule has 0 N–H and O–H groups in total. The average Bonchev–Trinajstić information content (AvgIpc) is 3.07. The fraction of sp³-hybridized carbons (Fsp3) is 0.421. The van der Waals surface area contributed by atoms with Crippen LogP contribution in [0.1, 0.15) is 61.8 Å². The molecule has 0 bridgehead atoms. The van der Waals surface area contributed by atoms with Gasteiger partial charge in [-0.15, -0.1) is 0 Å². The second-order valence-corrected chi connectivity index (χ2v) is 7.11. The smallest absolute Gasteiger partial charge is 0.280 e. The lowest BCUT2D eigenvalue weighted by Crippen LogP contribution is -2.12. The Morgan fingerprint density at radius 1 is 1.19 bits per heavy atom. The van der Waals surface area contributed by atoms with Crippen LogP contribution in [0.4, 0.5) is 8.78 Å². The van der Waals surface area contributed by atoms with Gasteiger partial charge in [0.05, 0.1) is 5.41 Å². The van der Waals surface area contributed by atoms with Gasteiger partial charge in [-0.2, -0.15) is 10.1 Å². The van der Waals surface area contributed by atoms with Crippen LogP contribution in [0.2, 0.25) is 0 Å². The molecule has 3 aromatic rings. The number of alkyl halides is 2. The largest absolute Gasteiger partial charge is 0.332 e. The standard InChI is InChI=1S/C19H20F2N4O/c1-11(2)25-15(16(20)21)10-14(23-25)17-22-18(24-26-17)19(8-9-19)13-7-5-4-6-12(13)3/h4-7,10-11,16H,8-9H2,1-3H3. The van der Waals surface area contributed by atoms with Gasteiger partial charge in [0.1, 0.15) is 5.69 Å². The summed E-state index contributed by atoms with van der Waals surface area (Å²) in [5.41, 5.74) is 2.27. The maximum absolute atomic E-state index is 13.3. The van der Waals surface area contributed by atoms with Crippen LogP contribution in [-0.2, 0) is 5.41 Å². The highest BCUT2D eigenvalue weighted by atomic mass is 19.3. The van der Waals surface area contributed by atoms with Crippen molar-refractivity contribution >= 4 is 0 Å². The summed E-state index contributed by atoms with van der Waals surface area (Å²) < 4.78 is 33.2. The van der Waals surface area contributed by atoms with Crippen molar-refractivity contribution in [3.63, 3.8) is 0 Å². The van der Waals surface area contributed by atoms with Crippen molar-refractivity contribution in [1.29, 1.82) is 0 Å². The van der Waals surface area contributed by atoms with Crippen LogP contribution in [0.25, 0.3) is 11.6 Å². The summed E-state index contributed by atoms with van der Waals surface area (Å²) in [7, 11) is 0. The topological polar surface area (TPSA) is 56.7 Å². The summed E-state index contributed by atoms with van der Waals surface area (Å²) in [6.07, 6.45) is -0.721. The molecule has 136 valence electrons. The van der Waals surface area contributed by atoms with Crippen molar-refractivity contribution in [1.82, 2.24) is 19.9 Å². The molecular weight excluding hydrogens is 338 g/mol. The van der Waals surface area contributed by atoms with E-state index in [9.17, 15) is 8.78 Å². The summed E-state index contributed by atoms with van der Waals surface area (Å²) in [6, 6.07) is 9.30. The van der Waals surface area contributed by atoms with E-state index < -0.39 is 6.43 Å². The second-order valence-electron chi connectivity index (χ2n) is 7.11. The first-order chi connectivity index (χ1) is 12.4. The Kier molecular flexibility index (Phi) is 3.89. The zero-order valence-electron chi connectivity index (χ0n) is 14.9. The predicted octanol–water partition coefficient (Wildman–Crippen LogP) is 4.84. The molecule has 0 aliphatic heterocycles. The first kappa shape index (κ1) is 16.9. The van der Waals surface area contributed by atoms with Crippen molar-refractivity contribution in [3.8, 4) is 11.6 Å². The number of rotatable bonds is 5. The highest BCUT2D eigenvalue weighted by molar-refractivity contribution is 5.50. The first-order valence-electron chi connectivity index (χ1n) is 8.70. The van der Waals surface area contributed by atoms with Crippen molar-refractivity contribution < 1.29 is 13.3 Å². The zero-order valence-corrected chi connectivity index (χ0v) is 14.9. The van der Waals surface area contributed by atoms with E-state index in [2.05, 4.69) is 34.3 Å². The van der Waals surface area contributed by atoms with Crippen molar-refractivity contribution in [2.45, 2.75) is 51.5 Å². The van der Waals surface area contributed by atoms with Crippen LogP contribution < -0.4 is 0 Å². The number of aromatic nitrogens is 4. The average molecular weight is 358 g/mol. The van der Waals surface area contributed by atoms with E-state index in [0.29, 0.717) is 5.82 Å². The molecule has 4 rings (SSSR count). The van der Waals surface area contributed by atoms with Crippen LogP contribution in [0, 0.1) is 6.92 Å². The van der Waals surface area contributed by atoms with Crippen LogP contribution in [0.15, 0.2) is 34.9 Å². The lowest BCUT2D eigenvalue weighted by molar-refractivity contribution is 0.137. The van der Waals surface area contributed by atoms with E-state index in [-0.39, 0.29) is 28.7 Å². The highest BCUT2D eigenvalue weighted by Crippen LogP contribution is 2.53. The van der Waals surface area contributed by atoms with E-state index in [1.165, 1.54) is 21.9 Å². The Balaban J connectivity index is 1.72. The Bertz CT molecular complexity index is 915.